The van der Waals surface area contributed by atoms with Crippen LogP contribution in [0.3, 0.4) is 0 Å². The fourth-order valence-electron chi connectivity index (χ4n) is 1.40. The number of hydrogen-bond donors (Lipinski definition) is 2. The molecule has 1 amide bonds. The summed E-state index contributed by atoms with van der Waals surface area (Å²) in [5.41, 5.74) is 0. The van der Waals surface area contributed by atoms with Gasteiger partial charge in [-0.3, -0.25) is 4.79 Å². The van der Waals surface area contributed by atoms with Crippen LogP contribution in [0.4, 0.5) is 0 Å². The topological polar surface area (TPSA) is 49.3 Å². The molecule has 2 N–H and O–H groups in total. The van der Waals surface area contributed by atoms with E-state index >= 15 is 0 Å². The van der Waals surface area contributed by atoms with Crippen LogP contribution < -0.4 is 5.32 Å². The van der Waals surface area contributed by atoms with Crippen molar-refractivity contribution in [1.29, 1.82) is 0 Å². The Balaban J connectivity index is 2.37. The highest BCUT2D eigenvalue weighted by molar-refractivity contribution is 5.78. The first-order valence-corrected chi connectivity index (χ1v) is 4.12. The molecule has 0 aromatic rings. The van der Waals surface area contributed by atoms with Crippen LogP contribution in [-0.2, 0) is 4.79 Å². The third-order valence-corrected chi connectivity index (χ3v) is 2.21. The summed E-state index contributed by atoms with van der Waals surface area (Å²) in [5.74, 6) is 0.689. The summed E-state index contributed by atoms with van der Waals surface area (Å²) < 4.78 is 0. The molecule has 1 fully saturated rings. The summed E-state index contributed by atoms with van der Waals surface area (Å²) in [6.45, 7) is 0.120. The van der Waals surface area contributed by atoms with Crippen LogP contribution in [0.5, 0.6) is 0 Å². The lowest BCUT2D eigenvalue weighted by Crippen LogP contribution is -2.29. The van der Waals surface area contributed by atoms with Gasteiger partial charge in [-0.25, -0.2) is 0 Å². The largest absolute Gasteiger partial charge is 0.396 e. The van der Waals surface area contributed by atoms with E-state index in [2.05, 4.69) is 5.32 Å². The maximum atomic E-state index is 11.2. The molecule has 0 radical (unpaired) electrons. The lowest BCUT2D eigenvalue weighted by molar-refractivity contribution is -0.125. The molecule has 1 aliphatic carbocycles. The lowest BCUT2D eigenvalue weighted by Gasteiger charge is -2.11. The van der Waals surface area contributed by atoms with Gasteiger partial charge >= 0.3 is 0 Å². The number of nitrogens with one attached hydrogen (secondary N) is 1. The maximum Gasteiger partial charge on any atom is 0.223 e. The second-order valence-electron chi connectivity index (χ2n) is 3.07. The Labute approximate surface area is 66.8 Å². The summed E-state index contributed by atoms with van der Waals surface area (Å²) in [6, 6.07) is 0. The highest BCUT2D eigenvalue weighted by atomic mass is 16.3. The van der Waals surface area contributed by atoms with Gasteiger partial charge in [0.2, 0.25) is 5.91 Å². The van der Waals surface area contributed by atoms with Gasteiger partial charge in [-0.05, 0) is 25.2 Å². The van der Waals surface area contributed by atoms with Crippen LogP contribution in [0.15, 0.2) is 0 Å². The summed E-state index contributed by atoms with van der Waals surface area (Å²) >= 11 is 0. The molecule has 0 aromatic heterocycles. The molecule has 0 aliphatic heterocycles. The summed E-state index contributed by atoms with van der Waals surface area (Å²) in [7, 11) is 1.65. The molecule has 64 valence electrons. The normalized spacial score (nSPS) is 19.5. The molecule has 0 aromatic carbocycles. The van der Waals surface area contributed by atoms with Crippen LogP contribution in [0, 0.1) is 11.8 Å². The van der Waals surface area contributed by atoms with Gasteiger partial charge in [-0.15, -0.1) is 0 Å². The molecule has 0 spiro atoms. The van der Waals surface area contributed by atoms with E-state index in [-0.39, 0.29) is 18.4 Å². The Kier molecular flexibility index (Phi) is 2.88. The average molecular weight is 157 g/mol. The molecule has 1 unspecified atom stereocenters. The number of rotatable bonds is 4. The predicted molar refractivity (Wildman–Crippen MR) is 42.0 cm³/mol. The van der Waals surface area contributed by atoms with Crippen LogP contribution in [0.2, 0.25) is 0 Å². The van der Waals surface area contributed by atoms with Crippen molar-refractivity contribution in [3.8, 4) is 0 Å². The Morgan fingerprint density at radius 3 is 2.73 bits per heavy atom. The van der Waals surface area contributed by atoms with Gasteiger partial charge in [0, 0.05) is 19.6 Å². The van der Waals surface area contributed by atoms with Gasteiger partial charge < -0.3 is 10.4 Å². The zero-order valence-electron chi connectivity index (χ0n) is 6.84. The van der Waals surface area contributed by atoms with Crippen molar-refractivity contribution < 1.29 is 9.90 Å². The van der Waals surface area contributed by atoms with Crippen molar-refractivity contribution in [3.63, 3.8) is 0 Å². The van der Waals surface area contributed by atoms with E-state index in [4.69, 9.17) is 5.11 Å². The van der Waals surface area contributed by atoms with Gasteiger partial charge in [0.1, 0.15) is 0 Å². The van der Waals surface area contributed by atoms with Gasteiger partial charge in [0.25, 0.3) is 0 Å². The second kappa shape index (κ2) is 3.72. The Morgan fingerprint density at radius 2 is 2.36 bits per heavy atom. The SMILES string of the molecule is CNC(=O)C(CCO)C1CC1. The van der Waals surface area contributed by atoms with E-state index in [0.29, 0.717) is 12.3 Å². The highest BCUT2D eigenvalue weighted by Crippen LogP contribution is 2.38. The summed E-state index contributed by atoms with van der Waals surface area (Å²) in [6.07, 6.45) is 2.92. The van der Waals surface area contributed by atoms with Gasteiger partial charge in [-0.1, -0.05) is 0 Å². The van der Waals surface area contributed by atoms with Crippen molar-refractivity contribution in [2.75, 3.05) is 13.7 Å². The fourth-order valence-corrected chi connectivity index (χ4v) is 1.40. The number of aliphatic hydroxyl groups is 1. The number of carbonyl (C=O) groups excluding carboxylic acids is 1. The van der Waals surface area contributed by atoms with E-state index in [9.17, 15) is 4.79 Å². The molecule has 3 nitrogen and oxygen atoms in total. The van der Waals surface area contributed by atoms with Crippen molar-refractivity contribution in [2.24, 2.45) is 11.8 Å². The maximum absolute atomic E-state index is 11.2. The fraction of sp³-hybridized carbons (Fsp3) is 0.875. The van der Waals surface area contributed by atoms with Gasteiger partial charge in [0.05, 0.1) is 0 Å². The smallest absolute Gasteiger partial charge is 0.223 e. The third kappa shape index (κ3) is 2.19. The zero-order valence-corrected chi connectivity index (χ0v) is 6.84. The van der Waals surface area contributed by atoms with Crippen LogP contribution in [-0.4, -0.2) is 24.7 Å². The summed E-state index contributed by atoms with van der Waals surface area (Å²) in [4.78, 5) is 11.2. The molecular formula is C8H15NO2. The first-order valence-electron chi connectivity index (χ1n) is 4.12. The molecule has 0 saturated heterocycles. The quantitative estimate of drug-likeness (QED) is 0.610. The minimum atomic E-state index is 0.0602. The number of carbonyl (C=O) groups is 1. The van der Waals surface area contributed by atoms with Crippen LogP contribution in [0.1, 0.15) is 19.3 Å². The van der Waals surface area contributed by atoms with E-state index in [1.807, 2.05) is 0 Å². The zero-order chi connectivity index (χ0) is 8.27. The Hall–Kier alpha value is -0.570. The van der Waals surface area contributed by atoms with Crippen molar-refractivity contribution in [2.45, 2.75) is 19.3 Å². The number of amides is 1. The lowest BCUT2D eigenvalue weighted by atomic mass is 9.99. The van der Waals surface area contributed by atoms with Crippen LogP contribution in [0.25, 0.3) is 0 Å². The summed E-state index contributed by atoms with van der Waals surface area (Å²) in [5, 5.41) is 11.3. The molecule has 1 saturated carbocycles. The van der Waals surface area contributed by atoms with E-state index < -0.39 is 0 Å². The minimum Gasteiger partial charge on any atom is -0.396 e. The molecule has 0 bridgehead atoms. The van der Waals surface area contributed by atoms with E-state index in [1.165, 1.54) is 0 Å². The number of aliphatic hydroxyl groups excluding tert-OH is 1. The van der Waals surface area contributed by atoms with E-state index in [0.717, 1.165) is 12.8 Å². The standard InChI is InChI=1S/C8H15NO2/c1-9-8(11)7(4-5-10)6-2-3-6/h6-7,10H,2-5H2,1H3,(H,9,11). The van der Waals surface area contributed by atoms with Crippen molar-refractivity contribution >= 4 is 5.91 Å². The number of hydrogen-bond acceptors (Lipinski definition) is 2. The first-order chi connectivity index (χ1) is 5.29. The average Bonchev–Trinajstić information content (AvgIpc) is 2.81. The Morgan fingerprint density at radius 1 is 1.73 bits per heavy atom. The molecule has 1 aliphatic rings. The van der Waals surface area contributed by atoms with E-state index in [1.54, 1.807) is 7.05 Å². The first kappa shape index (κ1) is 8.53. The highest BCUT2D eigenvalue weighted by Gasteiger charge is 2.34. The van der Waals surface area contributed by atoms with Crippen LogP contribution >= 0.6 is 0 Å². The molecule has 1 atom stereocenters. The molecule has 0 heterocycles. The molecular weight excluding hydrogens is 142 g/mol. The molecule has 11 heavy (non-hydrogen) atoms. The molecule has 3 heteroatoms. The van der Waals surface area contributed by atoms with Gasteiger partial charge in [-0.2, -0.15) is 0 Å². The van der Waals surface area contributed by atoms with Crippen molar-refractivity contribution in [3.05, 3.63) is 0 Å². The van der Waals surface area contributed by atoms with Gasteiger partial charge in [0.15, 0.2) is 0 Å². The van der Waals surface area contributed by atoms with Crippen molar-refractivity contribution in [1.82, 2.24) is 5.32 Å². The minimum absolute atomic E-state index is 0.0602. The monoisotopic (exact) mass is 157 g/mol. The second-order valence-corrected chi connectivity index (χ2v) is 3.07. The predicted octanol–water partition coefficient (Wildman–Crippen LogP) is 0.141. The Bertz CT molecular complexity index is 143. The molecule has 1 rings (SSSR count). The third-order valence-electron chi connectivity index (χ3n) is 2.21.